The van der Waals surface area contributed by atoms with Gasteiger partial charge in [0.1, 0.15) is 18.1 Å². The molecule has 0 aliphatic heterocycles. The first-order valence-electron chi connectivity index (χ1n) is 12.6. The minimum atomic E-state index is -1.58. The van der Waals surface area contributed by atoms with E-state index in [1.165, 1.54) is 0 Å². The van der Waals surface area contributed by atoms with Crippen LogP contribution in [0.2, 0.25) is 0 Å². The largest absolute Gasteiger partial charge is 0.480 e. The molecule has 216 valence electrons. The van der Waals surface area contributed by atoms with Gasteiger partial charge in [0.15, 0.2) is 5.96 Å². The molecule has 0 saturated carbocycles. The second-order valence-corrected chi connectivity index (χ2v) is 9.57. The fraction of sp³-hybridized carbons (Fsp3) is 0.520. The van der Waals surface area contributed by atoms with Gasteiger partial charge in [0, 0.05) is 13.0 Å². The molecule has 4 amide bonds. The molecule has 1 aromatic carbocycles. The lowest BCUT2D eigenvalue weighted by molar-refractivity contribution is -0.143. The Morgan fingerprint density at radius 3 is 1.97 bits per heavy atom. The van der Waals surface area contributed by atoms with Crippen molar-refractivity contribution in [1.29, 1.82) is 0 Å². The normalized spacial score (nSPS) is 13.8. The number of nitrogens with zero attached hydrogens (tertiary/aromatic N) is 1. The number of benzene rings is 1. The van der Waals surface area contributed by atoms with Gasteiger partial charge < -0.3 is 44.0 Å². The molecule has 1 aromatic rings. The van der Waals surface area contributed by atoms with E-state index in [4.69, 9.17) is 22.9 Å². The molecule has 0 radical (unpaired) electrons. The Bertz CT molecular complexity index is 1010. The number of guanidine groups is 1. The van der Waals surface area contributed by atoms with Crippen LogP contribution in [-0.4, -0.2) is 71.4 Å². The summed E-state index contributed by atoms with van der Waals surface area (Å²) in [6.45, 7) is 4.01. The summed E-state index contributed by atoms with van der Waals surface area (Å²) in [5.41, 5.74) is 22.3. The first kappa shape index (κ1) is 32.8. The Kier molecular flexibility index (Phi) is 14.0. The molecule has 0 aliphatic carbocycles. The number of hydrogen-bond acceptors (Lipinski definition) is 7. The number of carboxylic acid groups (broad SMARTS) is 1. The molecule has 0 saturated heterocycles. The van der Waals surface area contributed by atoms with Gasteiger partial charge in [-0.25, -0.2) is 4.79 Å². The number of primary amides is 1. The number of aliphatic imine (C=N–C) groups is 1. The Hall–Kier alpha value is -4.20. The van der Waals surface area contributed by atoms with Crippen molar-refractivity contribution in [2.24, 2.45) is 33.8 Å². The predicted octanol–water partition coefficient (Wildman–Crippen LogP) is -1.93. The van der Waals surface area contributed by atoms with E-state index in [-0.39, 0.29) is 31.1 Å². The molecule has 39 heavy (non-hydrogen) atoms. The molecule has 4 atom stereocenters. The second-order valence-electron chi connectivity index (χ2n) is 9.57. The predicted molar refractivity (Wildman–Crippen MR) is 145 cm³/mol. The molecule has 14 nitrogen and oxygen atoms in total. The first-order valence-corrected chi connectivity index (χ1v) is 12.6. The molecule has 4 unspecified atom stereocenters. The van der Waals surface area contributed by atoms with E-state index >= 15 is 0 Å². The highest BCUT2D eigenvalue weighted by atomic mass is 16.4. The molecule has 0 aromatic heterocycles. The maximum absolute atomic E-state index is 13.3. The fourth-order valence-electron chi connectivity index (χ4n) is 3.64. The van der Waals surface area contributed by atoms with Gasteiger partial charge in [0.25, 0.3) is 0 Å². The first-order chi connectivity index (χ1) is 18.3. The van der Waals surface area contributed by atoms with E-state index in [0.29, 0.717) is 18.5 Å². The van der Waals surface area contributed by atoms with Gasteiger partial charge in [-0.15, -0.1) is 0 Å². The highest BCUT2D eigenvalue weighted by Crippen LogP contribution is 2.09. The van der Waals surface area contributed by atoms with Gasteiger partial charge in [-0.3, -0.25) is 24.2 Å². The summed E-state index contributed by atoms with van der Waals surface area (Å²) in [5.74, 6) is -4.48. The van der Waals surface area contributed by atoms with Crippen LogP contribution in [0.3, 0.4) is 0 Å². The number of nitrogens with two attached hydrogens (primary N) is 4. The van der Waals surface area contributed by atoms with Gasteiger partial charge in [0.2, 0.25) is 23.6 Å². The van der Waals surface area contributed by atoms with Crippen LogP contribution in [0.25, 0.3) is 0 Å². The maximum Gasteiger partial charge on any atom is 0.326 e. The minimum Gasteiger partial charge on any atom is -0.480 e. The third-order valence-corrected chi connectivity index (χ3v) is 5.58. The fourth-order valence-corrected chi connectivity index (χ4v) is 3.64. The Balaban J connectivity index is 3.05. The van der Waals surface area contributed by atoms with E-state index in [1.54, 1.807) is 30.3 Å². The van der Waals surface area contributed by atoms with Crippen LogP contribution in [-0.2, 0) is 30.4 Å². The highest BCUT2D eigenvalue weighted by Gasteiger charge is 2.31. The van der Waals surface area contributed by atoms with E-state index in [9.17, 15) is 29.1 Å². The number of carbonyl (C=O) groups excluding carboxylic acids is 4. The van der Waals surface area contributed by atoms with Crippen molar-refractivity contribution in [3.63, 3.8) is 0 Å². The molecular formula is C25H40N8O6. The standard InChI is InChI=1S/C25H40N8O6/c1-14(2)11-17(31-21(35)16(26)9-6-10-30-25(28)29)22(36)32-18(12-15-7-4-3-5-8-15)23(37)33-19(24(38)39)13-20(27)34/h3-5,7-8,14,16-19H,6,9-13,26H2,1-2H3,(H2,27,34)(H,31,35)(H,32,36)(H,33,37)(H,38,39)(H4,28,29,30). The smallest absolute Gasteiger partial charge is 0.326 e. The topological polar surface area (TPSA) is 258 Å². The Labute approximate surface area is 227 Å². The number of rotatable bonds is 17. The highest BCUT2D eigenvalue weighted by molar-refractivity contribution is 5.95. The van der Waals surface area contributed by atoms with Crippen LogP contribution in [0.15, 0.2) is 35.3 Å². The molecule has 14 heteroatoms. The number of nitrogens with one attached hydrogen (secondary N) is 3. The molecule has 12 N–H and O–H groups in total. The average Bonchev–Trinajstić information content (AvgIpc) is 2.84. The summed E-state index contributed by atoms with van der Waals surface area (Å²) in [5, 5.41) is 16.9. The zero-order valence-corrected chi connectivity index (χ0v) is 22.3. The number of carbonyl (C=O) groups is 5. The third kappa shape index (κ3) is 13.2. The van der Waals surface area contributed by atoms with Gasteiger partial charge >= 0.3 is 5.97 Å². The van der Waals surface area contributed by atoms with Crippen molar-refractivity contribution in [1.82, 2.24) is 16.0 Å². The quantitative estimate of drug-likeness (QED) is 0.0611. The monoisotopic (exact) mass is 548 g/mol. The summed E-state index contributed by atoms with van der Waals surface area (Å²) >= 11 is 0. The van der Waals surface area contributed by atoms with Crippen molar-refractivity contribution >= 4 is 35.6 Å². The van der Waals surface area contributed by atoms with E-state index in [0.717, 1.165) is 0 Å². The number of aliphatic carboxylic acids is 1. The van der Waals surface area contributed by atoms with E-state index in [2.05, 4.69) is 20.9 Å². The molecular weight excluding hydrogens is 508 g/mol. The average molecular weight is 549 g/mol. The van der Waals surface area contributed by atoms with Crippen LogP contribution in [0, 0.1) is 5.92 Å². The van der Waals surface area contributed by atoms with Gasteiger partial charge in [-0.05, 0) is 30.7 Å². The Morgan fingerprint density at radius 1 is 0.872 bits per heavy atom. The summed E-state index contributed by atoms with van der Waals surface area (Å²) < 4.78 is 0. The molecule has 0 fully saturated rings. The Morgan fingerprint density at radius 2 is 1.44 bits per heavy atom. The molecule has 0 spiro atoms. The lowest BCUT2D eigenvalue weighted by Crippen LogP contribution is -2.58. The molecule has 0 aliphatic rings. The van der Waals surface area contributed by atoms with Crippen molar-refractivity contribution in [3.05, 3.63) is 35.9 Å². The van der Waals surface area contributed by atoms with Crippen LogP contribution in [0.1, 0.15) is 45.1 Å². The summed E-state index contributed by atoms with van der Waals surface area (Å²) in [6.07, 6.45) is 0.364. The zero-order chi connectivity index (χ0) is 29.5. The molecule has 0 bridgehead atoms. The summed E-state index contributed by atoms with van der Waals surface area (Å²) in [4.78, 5) is 65.7. The maximum atomic E-state index is 13.3. The van der Waals surface area contributed by atoms with Crippen molar-refractivity contribution in [3.8, 4) is 0 Å². The van der Waals surface area contributed by atoms with Crippen molar-refractivity contribution in [2.75, 3.05) is 6.54 Å². The lowest BCUT2D eigenvalue weighted by atomic mass is 10.00. The molecule has 1 rings (SSSR count). The summed E-state index contributed by atoms with van der Waals surface area (Å²) in [7, 11) is 0. The van der Waals surface area contributed by atoms with Crippen molar-refractivity contribution < 1.29 is 29.1 Å². The van der Waals surface area contributed by atoms with E-state index < -0.39 is 60.2 Å². The summed E-state index contributed by atoms with van der Waals surface area (Å²) in [6, 6.07) is 4.01. The second kappa shape index (κ2) is 16.6. The molecule has 0 heterocycles. The van der Waals surface area contributed by atoms with Gasteiger partial charge in [-0.1, -0.05) is 44.2 Å². The van der Waals surface area contributed by atoms with E-state index in [1.807, 2.05) is 13.8 Å². The zero-order valence-electron chi connectivity index (χ0n) is 22.3. The SMILES string of the molecule is CC(C)CC(NC(=O)C(N)CCCN=C(N)N)C(=O)NC(Cc1ccccc1)C(=O)NC(CC(N)=O)C(=O)O. The van der Waals surface area contributed by atoms with Crippen LogP contribution in [0.5, 0.6) is 0 Å². The number of carboxylic acids is 1. The lowest BCUT2D eigenvalue weighted by Gasteiger charge is -2.26. The van der Waals surface area contributed by atoms with Gasteiger partial charge in [-0.2, -0.15) is 0 Å². The van der Waals surface area contributed by atoms with Crippen molar-refractivity contribution in [2.45, 2.75) is 70.1 Å². The van der Waals surface area contributed by atoms with Crippen LogP contribution >= 0.6 is 0 Å². The van der Waals surface area contributed by atoms with Crippen LogP contribution in [0.4, 0.5) is 0 Å². The third-order valence-electron chi connectivity index (χ3n) is 5.58. The van der Waals surface area contributed by atoms with Crippen LogP contribution < -0.4 is 38.9 Å². The minimum absolute atomic E-state index is 0.00695. The number of hydrogen-bond donors (Lipinski definition) is 8. The van der Waals surface area contributed by atoms with Gasteiger partial charge in [0.05, 0.1) is 12.5 Å². The number of amides is 4.